The van der Waals surface area contributed by atoms with Gasteiger partial charge in [-0.25, -0.2) is 8.78 Å². The fourth-order valence-corrected chi connectivity index (χ4v) is 1.60. The summed E-state index contributed by atoms with van der Waals surface area (Å²) in [6, 6.07) is 0. The van der Waals surface area contributed by atoms with E-state index in [0.717, 1.165) is 6.20 Å². The standard InChI is InChI=1S/C9H8BrF2NO2/c1-4-5(9(11)12)3-13-6(8(4)10)2-7(14)15/h3,9H,2H2,1H3,(H,14,15). The summed E-state index contributed by atoms with van der Waals surface area (Å²) in [5, 5.41) is 8.55. The number of hydrogen-bond donors (Lipinski definition) is 1. The number of carboxylic acid groups (broad SMARTS) is 1. The predicted molar refractivity (Wildman–Crippen MR) is 53.0 cm³/mol. The van der Waals surface area contributed by atoms with E-state index >= 15 is 0 Å². The average molecular weight is 280 g/mol. The minimum atomic E-state index is -2.60. The molecule has 0 saturated heterocycles. The van der Waals surface area contributed by atoms with Crippen molar-refractivity contribution in [1.29, 1.82) is 0 Å². The van der Waals surface area contributed by atoms with Crippen LogP contribution >= 0.6 is 15.9 Å². The highest BCUT2D eigenvalue weighted by Crippen LogP contribution is 2.29. The first kappa shape index (κ1) is 12.0. The summed E-state index contributed by atoms with van der Waals surface area (Å²) in [5.41, 5.74) is 0.400. The van der Waals surface area contributed by atoms with Gasteiger partial charge in [0, 0.05) is 16.2 Å². The number of halogens is 3. The van der Waals surface area contributed by atoms with E-state index in [1.54, 1.807) is 0 Å². The summed E-state index contributed by atoms with van der Waals surface area (Å²) in [6.07, 6.45) is -1.87. The molecule has 1 aromatic heterocycles. The van der Waals surface area contributed by atoms with Gasteiger partial charge in [0.05, 0.1) is 12.1 Å². The molecule has 0 bridgehead atoms. The normalized spacial score (nSPS) is 10.7. The van der Waals surface area contributed by atoms with Crippen molar-refractivity contribution >= 4 is 21.9 Å². The molecule has 0 aromatic carbocycles. The Hall–Kier alpha value is -1.04. The Kier molecular flexibility index (Phi) is 3.73. The molecule has 0 saturated carbocycles. The van der Waals surface area contributed by atoms with E-state index in [1.165, 1.54) is 6.92 Å². The molecule has 1 rings (SSSR count). The third-order valence-corrected chi connectivity index (χ3v) is 2.98. The molecule has 82 valence electrons. The molecule has 0 aliphatic heterocycles. The van der Waals surface area contributed by atoms with Crippen LogP contribution in [0, 0.1) is 6.92 Å². The van der Waals surface area contributed by atoms with Crippen LogP contribution in [0.15, 0.2) is 10.7 Å². The molecule has 15 heavy (non-hydrogen) atoms. The maximum absolute atomic E-state index is 12.4. The van der Waals surface area contributed by atoms with Crippen LogP contribution in [0.5, 0.6) is 0 Å². The van der Waals surface area contributed by atoms with Gasteiger partial charge in [0.2, 0.25) is 0 Å². The quantitative estimate of drug-likeness (QED) is 0.926. The summed E-state index contributed by atoms with van der Waals surface area (Å²) in [4.78, 5) is 14.1. The molecule has 1 heterocycles. The molecule has 0 atom stereocenters. The molecule has 6 heteroatoms. The van der Waals surface area contributed by atoms with E-state index in [9.17, 15) is 13.6 Å². The number of carbonyl (C=O) groups is 1. The van der Waals surface area contributed by atoms with Gasteiger partial charge in [-0.1, -0.05) is 0 Å². The first-order valence-electron chi connectivity index (χ1n) is 4.07. The second kappa shape index (κ2) is 4.65. The topological polar surface area (TPSA) is 50.2 Å². The van der Waals surface area contributed by atoms with E-state index in [1.807, 2.05) is 0 Å². The number of nitrogens with zero attached hydrogens (tertiary/aromatic N) is 1. The Morgan fingerprint density at radius 3 is 2.73 bits per heavy atom. The number of aliphatic carboxylic acids is 1. The van der Waals surface area contributed by atoms with Crippen LogP contribution in [-0.2, 0) is 11.2 Å². The molecule has 1 N–H and O–H groups in total. The summed E-state index contributed by atoms with van der Waals surface area (Å²) in [5.74, 6) is -1.05. The monoisotopic (exact) mass is 279 g/mol. The van der Waals surface area contributed by atoms with Gasteiger partial charge >= 0.3 is 5.97 Å². The lowest BCUT2D eigenvalue weighted by atomic mass is 10.1. The zero-order valence-electron chi connectivity index (χ0n) is 7.80. The van der Waals surface area contributed by atoms with Crippen molar-refractivity contribution in [2.75, 3.05) is 0 Å². The number of hydrogen-bond acceptors (Lipinski definition) is 2. The maximum atomic E-state index is 12.4. The molecule has 0 spiro atoms. The zero-order chi connectivity index (χ0) is 11.6. The Bertz CT molecular complexity index is 396. The minimum Gasteiger partial charge on any atom is -0.481 e. The summed E-state index contributed by atoms with van der Waals surface area (Å²) >= 11 is 3.07. The summed E-state index contributed by atoms with van der Waals surface area (Å²) in [6.45, 7) is 1.50. The summed E-state index contributed by atoms with van der Waals surface area (Å²) < 4.78 is 25.2. The Labute approximate surface area is 93.3 Å². The van der Waals surface area contributed by atoms with Gasteiger partial charge in [-0.15, -0.1) is 0 Å². The van der Waals surface area contributed by atoms with Crippen LogP contribution in [0.25, 0.3) is 0 Å². The molecular formula is C9H8BrF2NO2. The highest BCUT2D eigenvalue weighted by Gasteiger charge is 2.17. The van der Waals surface area contributed by atoms with Crippen molar-refractivity contribution in [2.24, 2.45) is 0 Å². The first-order valence-corrected chi connectivity index (χ1v) is 4.86. The highest BCUT2D eigenvalue weighted by molar-refractivity contribution is 9.10. The second-order valence-corrected chi connectivity index (χ2v) is 3.76. The van der Waals surface area contributed by atoms with Gasteiger partial charge in [-0.05, 0) is 28.4 Å². The second-order valence-electron chi connectivity index (χ2n) is 2.97. The smallest absolute Gasteiger partial charge is 0.309 e. The van der Waals surface area contributed by atoms with Gasteiger partial charge in [-0.2, -0.15) is 0 Å². The Balaban J connectivity index is 3.15. The molecule has 0 amide bonds. The van der Waals surface area contributed by atoms with Gasteiger partial charge in [0.25, 0.3) is 6.43 Å². The molecule has 3 nitrogen and oxygen atoms in total. The van der Waals surface area contributed by atoms with Gasteiger partial charge in [0.1, 0.15) is 0 Å². The van der Waals surface area contributed by atoms with Crippen molar-refractivity contribution < 1.29 is 18.7 Å². The van der Waals surface area contributed by atoms with Gasteiger partial charge in [-0.3, -0.25) is 9.78 Å². The van der Waals surface area contributed by atoms with E-state index in [-0.39, 0.29) is 17.7 Å². The van der Waals surface area contributed by atoms with Crippen molar-refractivity contribution in [3.63, 3.8) is 0 Å². The van der Waals surface area contributed by atoms with E-state index in [2.05, 4.69) is 20.9 Å². The van der Waals surface area contributed by atoms with Crippen LogP contribution in [0.1, 0.15) is 23.2 Å². The molecular weight excluding hydrogens is 272 g/mol. The molecule has 0 aliphatic carbocycles. The van der Waals surface area contributed by atoms with E-state index < -0.39 is 12.4 Å². The number of pyridine rings is 1. The molecule has 0 fully saturated rings. The van der Waals surface area contributed by atoms with E-state index in [0.29, 0.717) is 10.0 Å². The minimum absolute atomic E-state index is 0.184. The van der Waals surface area contributed by atoms with Crippen LogP contribution in [0.2, 0.25) is 0 Å². The number of alkyl halides is 2. The molecule has 1 aromatic rings. The average Bonchev–Trinajstić information content (AvgIpc) is 2.12. The Morgan fingerprint density at radius 1 is 1.67 bits per heavy atom. The van der Waals surface area contributed by atoms with Crippen LogP contribution in [0.4, 0.5) is 8.78 Å². The van der Waals surface area contributed by atoms with Crippen molar-refractivity contribution in [3.05, 3.63) is 27.5 Å². The number of carboxylic acids is 1. The van der Waals surface area contributed by atoms with Gasteiger partial charge in [0.15, 0.2) is 0 Å². The third kappa shape index (κ3) is 2.71. The maximum Gasteiger partial charge on any atom is 0.309 e. The SMILES string of the molecule is Cc1c(C(F)F)cnc(CC(=O)O)c1Br. The number of aromatic nitrogens is 1. The largest absolute Gasteiger partial charge is 0.481 e. The van der Waals surface area contributed by atoms with E-state index in [4.69, 9.17) is 5.11 Å². The predicted octanol–water partition coefficient (Wildman–Crippen LogP) is 2.72. The van der Waals surface area contributed by atoms with Crippen LogP contribution < -0.4 is 0 Å². The first-order chi connectivity index (χ1) is 6.93. The molecule has 0 aliphatic rings. The van der Waals surface area contributed by atoms with Gasteiger partial charge < -0.3 is 5.11 Å². The molecule has 0 unspecified atom stereocenters. The number of rotatable bonds is 3. The zero-order valence-corrected chi connectivity index (χ0v) is 9.38. The lowest BCUT2D eigenvalue weighted by Crippen LogP contribution is -2.05. The van der Waals surface area contributed by atoms with Crippen LogP contribution in [-0.4, -0.2) is 16.1 Å². The lowest BCUT2D eigenvalue weighted by molar-refractivity contribution is -0.136. The van der Waals surface area contributed by atoms with Crippen molar-refractivity contribution in [2.45, 2.75) is 19.8 Å². The Morgan fingerprint density at radius 2 is 2.27 bits per heavy atom. The third-order valence-electron chi connectivity index (χ3n) is 1.93. The van der Waals surface area contributed by atoms with Crippen molar-refractivity contribution in [1.82, 2.24) is 4.98 Å². The fourth-order valence-electron chi connectivity index (χ4n) is 1.13. The fraction of sp³-hybridized carbons (Fsp3) is 0.333. The summed E-state index contributed by atoms with van der Waals surface area (Å²) in [7, 11) is 0. The highest BCUT2D eigenvalue weighted by atomic mass is 79.9. The lowest BCUT2D eigenvalue weighted by Gasteiger charge is -2.09. The van der Waals surface area contributed by atoms with Crippen LogP contribution in [0.3, 0.4) is 0 Å². The molecule has 0 radical (unpaired) electrons. The van der Waals surface area contributed by atoms with Crippen molar-refractivity contribution in [3.8, 4) is 0 Å².